The molecule has 1 fully saturated rings. The first-order chi connectivity index (χ1) is 15.2. The molecule has 0 saturated carbocycles. The Kier molecular flexibility index (Phi) is 6.74. The molecule has 1 aliphatic heterocycles. The molecule has 180 valence electrons. The van der Waals surface area contributed by atoms with Gasteiger partial charge in [-0.1, -0.05) is 0 Å². The van der Waals surface area contributed by atoms with Crippen molar-refractivity contribution in [1.29, 1.82) is 5.26 Å². The van der Waals surface area contributed by atoms with Crippen LogP contribution in [0.25, 0.3) is 11.2 Å². The van der Waals surface area contributed by atoms with E-state index in [4.69, 9.17) is 25.2 Å². The smallest absolute Gasteiger partial charge is 0.365 e. The van der Waals surface area contributed by atoms with Crippen LogP contribution in [0.3, 0.4) is 0 Å². The minimum atomic E-state index is -5.09. The Morgan fingerprint density at radius 3 is 2.61 bits per heavy atom. The summed E-state index contributed by atoms with van der Waals surface area (Å²) in [6.45, 7) is 3.86. The van der Waals surface area contributed by atoms with Gasteiger partial charge >= 0.3 is 13.6 Å². The molecule has 0 aliphatic carbocycles. The predicted molar refractivity (Wildman–Crippen MR) is 108 cm³/mol. The zero-order valence-corrected chi connectivity index (χ0v) is 18.7. The Morgan fingerprint density at radius 1 is 1.36 bits per heavy atom. The molecule has 16 heteroatoms. The Labute approximate surface area is 186 Å². The average molecular weight is 486 g/mol. The summed E-state index contributed by atoms with van der Waals surface area (Å²) >= 11 is 0. The average Bonchev–Trinajstić information content (AvgIpc) is 3.22. The number of aliphatic hydroxyl groups excluding tert-OH is 2. The summed E-state index contributed by atoms with van der Waals surface area (Å²) in [6, 6.07) is 1.74. The van der Waals surface area contributed by atoms with Gasteiger partial charge in [-0.05, 0) is 20.8 Å². The number of nitrogens with zero attached hydrogens (tertiary/aromatic N) is 5. The highest BCUT2D eigenvalue weighted by molar-refractivity contribution is 7.53. The SMILES string of the molecule is CC(C)(C)OC(=O)C(OCC1OC(n2cnc3c(N)nc(C#N)nc32)C(O)C1O)P(=O)(O)O. The van der Waals surface area contributed by atoms with Crippen LogP contribution in [0, 0.1) is 11.3 Å². The van der Waals surface area contributed by atoms with Crippen molar-refractivity contribution in [2.75, 3.05) is 12.3 Å². The van der Waals surface area contributed by atoms with Gasteiger partial charge in [-0.3, -0.25) is 9.13 Å². The summed E-state index contributed by atoms with van der Waals surface area (Å²) < 4.78 is 28.6. The minimum absolute atomic E-state index is 0.0544. The lowest BCUT2D eigenvalue weighted by Crippen LogP contribution is -2.38. The van der Waals surface area contributed by atoms with Gasteiger partial charge in [-0.15, -0.1) is 0 Å². The fourth-order valence-corrected chi connectivity index (χ4v) is 3.72. The first-order valence-electron chi connectivity index (χ1n) is 9.54. The van der Waals surface area contributed by atoms with E-state index in [1.807, 2.05) is 0 Å². The molecule has 5 unspecified atom stereocenters. The van der Waals surface area contributed by atoms with E-state index in [9.17, 15) is 29.4 Å². The molecule has 0 spiro atoms. The van der Waals surface area contributed by atoms with Gasteiger partial charge in [0, 0.05) is 0 Å². The lowest BCUT2D eigenvalue weighted by Gasteiger charge is -2.25. The van der Waals surface area contributed by atoms with Crippen molar-refractivity contribution in [1.82, 2.24) is 19.5 Å². The number of nitrogen functional groups attached to an aromatic ring is 1. The van der Waals surface area contributed by atoms with Crippen LogP contribution in [0.2, 0.25) is 0 Å². The van der Waals surface area contributed by atoms with Crippen molar-refractivity contribution in [3.05, 3.63) is 12.2 Å². The number of hydrogen-bond donors (Lipinski definition) is 5. The first-order valence-corrected chi connectivity index (χ1v) is 11.2. The standard InChI is InChI=1S/C17H23N6O9P/c1-17(2,3)32-15(26)16(33(27,28)29)30-5-7-10(24)11(25)14(31-7)23-6-20-9-12(19)21-8(4-18)22-13(9)23/h6-7,10-11,14,16,24-25H,5H2,1-3H3,(H2,19,21,22)(H2,27,28,29). The summed E-state index contributed by atoms with van der Waals surface area (Å²) in [7, 11) is -5.09. The number of aliphatic hydroxyl groups is 2. The van der Waals surface area contributed by atoms with Gasteiger partial charge in [0.25, 0.3) is 5.85 Å². The zero-order valence-electron chi connectivity index (χ0n) is 17.8. The molecular formula is C17H23N6O9P. The van der Waals surface area contributed by atoms with E-state index in [0.29, 0.717) is 0 Å². The number of nitrogens with two attached hydrogens (primary N) is 1. The monoisotopic (exact) mass is 486 g/mol. The highest BCUT2D eigenvalue weighted by Gasteiger charge is 2.47. The first kappa shape index (κ1) is 24.9. The second-order valence-corrected chi connectivity index (χ2v) is 9.87. The van der Waals surface area contributed by atoms with E-state index < -0.39 is 56.2 Å². The molecule has 2 aromatic rings. The molecule has 2 aromatic heterocycles. The second-order valence-electron chi connectivity index (χ2n) is 8.22. The Bertz CT molecular complexity index is 1140. The Hall–Kier alpha value is -2.70. The van der Waals surface area contributed by atoms with E-state index in [0.717, 1.165) is 0 Å². The summed E-state index contributed by atoms with van der Waals surface area (Å²) in [4.78, 5) is 43.0. The maximum Gasteiger partial charge on any atom is 0.365 e. The van der Waals surface area contributed by atoms with Crippen LogP contribution in [-0.4, -0.2) is 81.9 Å². The Morgan fingerprint density at radius 2 is 2.03 bits per heavy atom. The fourth-order valence-electron chi connectivity index (χ4n) is 3.11. The van der Waals surface area contributed by atoms with Gasteiger partial charge in [-0.2, -0.15) is 15.2 Å². The van der Waals surface area contributed by atoms with Gasteiger partial charge in [0.05, 0.1) is 12.9 Å². The largest absolute Gasteiger partial charge is 0.458 e. The van der Waals surface area contributed by atoms with Gasteiger partial charge < -0.3 is 39.9 Å². The van der Waals surface area contributed by atoms with Gasteiger partial charge in [-0.25, -0.2) is 9.78 Å². The summed E-state index contributed by atoms with van der Waals surface area (Å²) in [6.07, 6.45) is -4.48. The van der Waals surface area contributed by atoms with E-state index >= 15 is 0 Å². The van der Waals surface area contributed by atoms with Crippen molar-refractivity contribution < 1.29 is 43.6 Å². The number of anilines is 1. The van der Waals surface area contributed by atoms with Crippen LogP contribution in [0.5, 0.6) is 0 Å². The molecule has 6 N–H and O–H groups in total. The number of carbonyl (C=O) groups excluding carboxylic acids is 1. The van der Waals surface area contributed by atoms with Gasteiger partial charge in [0.15, 0.2) is 17.7 Å². The van der Waals surface area contributed by atoms with Crippen molar-refractivity contribution in [2.24, 2.45) is 0 Å². The van der Waals surface area contributed by atoms with Crippen LogP contribution in [0.4, 0.5) is 5.82 Å². The predicted octanol–water partition coefficient (Wildman–Crippen LogP) is -1.24. The summed E-state index contributed by atoms with van der Waals surface area (Å²) in [5, 5.41) is 29.9. The molecule has 3 rings (SSSR count). The molecule has 0 bridgehead atoms. The molecule has 0 radical (unpaired) electrons. The van der Waals surface area contributed by atoms with E-state index in [1.165, 1.54) is 31.7 Å². The third-order valence-corrected chi connectivity index (χ3v) is 5.46. The number of carbonyl (C=O) groups is 1. The third-order valence-electron chi connectivity index (χ3n) is 4.49. The maximum atomic E-state index is 12.2. The molecule has 0 aromatic carbocycles. The number of ether oxygens (including phenoxy) is 3. The number of fused-ring (bicyclic) bond motifs is 1. The topological polar surface area (TPSA) is 236 Å². The lowest BCUT2D eigenvalue weighted by atomic mass is 10.1. The van der Waals surface area contributed by atoms with Crippen LogP contribution < -0.4 is 5.73 Å². The molecule has 0 amide bonds. The number of imidazole rings is 1. The summed E-state index contributed by atoms with van der Waals surface area (Å²) in [5.74, 6) is -3.89. The molecule has 33 heavy (non-hydrogen) atoms. The van der Waals surface area contributed by atoms with Crippen molar-refractivity contribution >= 4 is 30.5 Å². The number of esters is 1. The highest BCUT2D eigenvalue weighted by Crippen LogP contribution is 2.43. The molecule has 1 saturated heterocycles. The van der Waals surface area contributed by atoms with E-state index in [1.54, 1.807) is 6.07 Å². The molecule has 5 atom stereocenters. The van der Waals surface area contributed by atoms with E-state index in [-0.39, 0.29) is 22.8 Å². The van der Waals surface area contributed by atoms with Crippen molar-refractivity contribution in [3.8, 4) is 6.07 Å². The quantitative estimate of drug-likeness (QED) is 0.237. The summed E-state index contributed by atoms with van der Waals surface area (Å²) in [5.41, 5.74) is 4.91. The Balaban J connectivity index is 1.80. The lowest BCUT2D eigenvalue weighted by molar-refractivity contribution is -0.166. The number of nitriles is 1. The van der Waals surface area contributed by atoms with Crippen LogP contribution in [0.1, 0.15) is 32.8 Å². The molecule has 1 aliphatic rings. The second kappa shape index (κ2) is 8.92. The zero-order chi connectivity index (χ0) is 24.7. The number of aromatic nitrogens is 4. The molecule has 3 heterocycles. The van der Waals surface area contributed by atoms with Crippen LogP contribution in [0.15, 0.2) is 6.33 Å². The number of hydrogen-bond acceptors (Lipinski definition) is 12. The number of rotatable bonds is 6. The minimum Gasteiger partial charge on any atom is -0.458 e. The normalized spacial score (nSPS) is 24.5. The van der Waals surface area contributed by atoms with Crippen molar-refractivity contribution in [2.45, 2.75) is 56.8 Å². The van der Waals surface area contributed by atoms with Gasteiger partial charge in [0.2, 0.25) is 5.82 Å². The van der Waals surface area contributed by atoms with Crippen molar-refractivity contribution in [3.63, 3.8) is 0 Å². The fraction of sp³-hybridized carbons (Fsp3) is 0.588. The molecular weight excluding hydrogens is 463 g/mol. The maximum absolute atomic E-state index is 12.2. The van der Waals surface area contributed by atoms with Gasteiger partial charge in [0.1, 0.15) is 35.5 Å². The van der Waals surface area contributed by atoms with Crippen LogP contribution >= 0.6 is 7.60 Å². The van der Waals surface area contributed by atoms with E-state index in [2.05, 4.69) is 15.0 Å². The highest BCUT2D eigenvalue weighted by atomic mass is 31.2. The third kappa shape index (κ3) is 5.28. The van der Waals surface area contributed by atoms with Crippen LogP contribution in [-0.2, 0) is 23.6 Å². The molecule has 15 nitrogen and oxygen atoms in total.